The lowest BCUT2D eigenvalue weighted by Crippen LogP contribution is -2.60. The molecule has 2 unspecified atom stereocenters. The van der Waals surface area contributed by atoms with E-state index in [1.807, 2.05) is 26.8 Å². The van der Waals surface area contributed by atoms with Gasteiger partial charge in [-0.25, -0.2) is 13.2 Å². The van der Waals surface area contributed by atoms with Crippen LogP contribution in [0.2, 0.25) is 0 Å². The number of ether oxygens (including phenoxy) is 1. The molecular weight excluding hydrogens is 498 g/mol. The van der Waals surface area contributed by atoms with E-state index in [2.05, 4.69) is 15.9 Å². The van der Waals surface area contributed by atoms with Gasteiger partial charge in [0.25, 0.3) is 0 Å². The van der Waals surface area contributed by atoms with Crippen molar-refractivity contribution in [3.63, 3.8) is 0 Å². The van der Waals surface area contributed by atoms with Crippen LogP contribution in [0.3, 0.4) is 0 Å². The number of sulfone groups is 1. The van der Waals surface area contributed by atoms with Crippen molar-refractivity contribution in [2.45, 2.75) is 64.7 Å². The molecule has 2 aliphatic heterocycles. The van der Waals surface area contributed by atoms with E-state index >= 15 is 0 Å². The monoisotopic (exact) mass is 528 g/mol. The summed E-state index contributed by atoms with van der Waals surface area (Å²) in [6.45, 7) is 10.8. The number of rotatable bonds is 3. The summed E-state index contributed by atoms with van der Waals surface area (Å²) in [5, 5.41) is 10.5. The summed E-state index contributed by atoms with van der Waals surface area (Å²) in [5.74, 6) is -0.698. The second-order valence-corrected chi connectivity index (χ2v) is 13.8. The Labute approximate surface area is 198 Å². The number of fused-ring (bicyclic) bond motifs is 1. The Kier molecular flexibility index (Phi) is 6.19. The number of carbonyl (C=O) groups is 2. The molecule has 32 heavy (non-hydrogen) atoms. The highest BCUT2D eigenvalue weighted by molar-refractivity contribution is 9.10. The van der Waals surface area contributed by atoms with E-state index in [4.69, 9.17) is 4.74 Å². The van der Waals surface area contributed by atoms with Crippen LogP contribution in [0.15, 0.2) is 22.8 Å². The fraction of sp³-hybridized carbons (Fsp3) is 0.565. The zero-order chi connectivity index (χ0) is 24.3. The number of hydrogen-bond acceptors (Lipinski definition) is 5. The zero-order valence-electron chi connectivity index (χ0n) is 19.4. The van der Waals surface area contributed by atoms with Crippen LogP contribution in [0, 0.1) is 5.92 Å². The van der Waals surface area contributed by atoms with Crippen LogP contribution in [0.4, 0.5) is 10.5 Å². The van der Waals surface area contributed by atoms with Crippen LogP contribution in [-0.2, 0) is 14.6 Å². The number of nitrogens with zero attached hydrogens (tertiary/aromatic N) is 1. The van der Waals surface area contributed by atoms with E-state index in [0.29, 0.717) is 28.6 Å². The summed E-state index contributed by atoms with van der Waals surface area (Å²) in [7, 11) is -3.24. The van der Waals surface area contributed by atoms with Crippen LogP contribution < -0.4 is 4.48 Å². The molecule has 0 aromatic heterocycles. The Morgan fingerprint density at radius 1 is 1.28 bits per heavy atom. The summed E-state index contributed by atoms with van der Waals surface area (Å²) in [4.78, 5) is 25.8. The molecule has 176 valence electrons. The van der Waals surface area contributed by atoms with Crippen LogP contribution in [0.1, 0.15) is 70.3 Å². The smallest absolute Gasteiger partial charge is 0.462 e. The lowest BCUT2D eigenvalue weighted by Gasteiger charge is -2.39. The van der Waals surface area contributed by atoms with Gasteiger partial charge >= 0.3 is 12.1 Å². The van der Waals surface area contributed by atoms with Crippen LogP contribution in [0.25, 0.3) is 5.57 Å². The SMILES string of the molecule is CCOC(=O)c1cc(Br)cc2c1[N+](C(=O)O)(C(C)(C)C)C=C2C1CCS(=O)(=O)C(C)(C)C1. The Morgan fingerprint density at radius 2 is 1.91 bits per heavy atom. The standard InChI is InChI=1S/C23H30BrNO6S/c1-7-31-20(26)17-11-15(24)10-16-18(14-8-9-32(29,30)23(5,6)12-14)13-25(19(16)17,21(27)28)22(2,3)4/h10-11,13-14H,7-9,12H2,1-6H3/p+1. The first-order valence-corrected chi connectivity index (χ1v) is 13.1. The summed E-state index contributed by atoms with van der Waals surface area (Å²) in [5.41, 5.74) is 1.16. The molecule has 7 nitrogen and oxygen atoms in total. The molecule has 1 aromatic carbocycles. The highest BCUT2D eigenvalue weighted by atomic mass is 79.9. The zero-order valence-corrected chi connectivity index (χ0v) is 21.8. The van der Waals surface area contributed by atoms with Crippen LogP contribution >= 0.6 is 15.9 Å². The minimum Gasteiger partial charge on any atom is -0.462 e. The molecule has 0 radical (unpaired) electrons. The van der Waals surface area contributed by atoms with Gasteiger partial charge < -0.3 is 9.84 Å². The molecule has 2 heterocycles. The van der Waals surface area contributed by atoms with Gasteiger partial charge in [-0.1, -0.05) is 15.9 Å². The molecule has 2 atom stereocenters. The van der Waals surface area contributed by atoms with Gasteiger partial charge in [-0.15, -0.1) is 0 Å². The van der Waals surface area contributed by atoms with E-state index in [9.17, 15) is 23.1 Å². The first kappa shape index (κ1) is 24.9. The predicted molar refractivity (Wildman–Crippen MR) is 128 cm³/mol. The largest absolute Gasteiger partial charge is 0.524 e. The third-order valence-corrected chi connectivity index (χ3v) is 9.76. The molecule has 3 rings (SSSR count). The molecule has 0 aliphatic carbocycles. The molecule has 1 aromatic rings. The van der Waals surface area contributed by atoms with Crippen molar-refractivity contribution in [3.8, 4) is 0 Å². The van der Waals surface area contributed by atoms with Gasteiger partial charge in [0.15, 0.2) is 15.5 Å². The number of allylic oxidation sites excluding steroid dienone is 1. The van der Waals surface area contributed by atoms with E-state index in [1.165, 1.54) is 0 Å². The maximum absolute atomic E-state index is 12.9. The molecule has 1 N–H and O–H groups in total. The van der Waals surface area contributed by atoms with Crippen molar-refractivity contribution in [1.82, 2.24) is 4.48 Å². The second-order valence-electron chi connectivity index (χ2n) is 10.1. The number of carboxylic acid groups (broad SMARTS) is 1. The fourth-order valence-electron chi connectivity index (χ4n) is 4.86. The minimum absolute atomic E-state index is 0.0403. The Morgan fingerprint density at radius 3 is 2.41 bits per heavy atom. The van der Waals surface area contributed by atoms with E-state index < -0.39 is 36.7 Å². The van der Waals surface area contributed by atoms with Gasteiger partial charge in [0.05, 0.1) is 17.1 Å². The third kappa shape index (κ3) is 3.72. The van der Waals surface area contributed by atoms with Crippen molar-refractivity contribution in [1.29, 1.82) is 0 Å². The van der Waals surface area contributed by atoms with Gasteiger partial charge in [-0.2, -0.15) is 9.28 Å². The molecule has 0 spiro atoms. The van der Waals surface area contributed by atoms with Gasteiger partial charge in [0, 0.05) is 15.6 Å². The normalized spacial score (nSPS) is 26.2. The maximum Gasteiger partial charge on any atom is 0.524 e. The molecular formula is C23H31BrNO6S+. The predicted octanol–water partition coefficient (Wildman–Crippen LogP) is 5.37. The molecule has 1 saturated heterocycles. The summed E-state index contributed by atoms with van der Waals surface area (Å²) >= 11 is 3.47. The summed E-state index contributed by atoms with van der Waals surface area (Å²) in [6.07, 6.45) is 1.39. The average molecular weight is 529 g/mol. The van der Waals surface area contributed by atoms with E-state index in [0.717, 1.165) is 5.57 Å². The molecule has 0 bridgehead atoms. The number of halogens is 1. The number of amides is 1. The lowest BCUT2D eigenvalue weighted by molar-refractivity contribution is 0.0523. The first-order chi connectivity index (χ1) is 14.6. The summed E-state index contributed by atoms with van der Waals surface area (Å²) in [6, 6.07) is 3.43. The van der Waals surface area contributed by atoms with Crippen molar-refractivity contribution >= 4 is 49.1 Å². The molecule has 0 saturated carbocycles. The number of esters is 1. The average Bonchev–Trinajstić information content (AvgIpc) is 3.00. The quantitative estimate of drug-likeness (QED) is 0.418. The second kappa shape index (κ2) is 7.95. The lowest BCUT2D eigenvalue weighted by atomic mass is 9.84. The fourth-order valence-corrected chi connectivity index (χ4v) is 6.92. The van der Waals surface area contributed by atoms with Gasteiger partial charge in [-0.05, 0) is 72.4 Å². The molecule has 1 amide bonds. The maximum atomic E-state index is 12.9. The minimum atomic E-state index is -3.24. The number of quaternary nitrogens is 1. The highest BCUT2D eigenvalue weighted by Crippen LogP contribution is 2.54. The van der Waals surface area contributed by atoms with E-state index in [1.54, 1.807) is 33.0 Å². The number of hydrogen-bond donors (Lipinski definition) is 1. The summed E-state index contributed by atoms with van der Waals surface area (Å²) < 4.78 is 29.6. The van der Waals surface area contributed by atoms with Crippen molar-refractivity contribution < 1.29 is 27.9 Å². The Bertz CT molecular complexity index is 1120. The molecule has 1 fully saturated rings. The van der Waals surface area contributed by atoms with Gasteiger partial charge in [-0.3, -0.25) is 0 Å². The Balaban J connectivity index is 2.33. The first-order valence-electron chi connectivity index (χ1n) is 10.7. The van der Waals surface area contributed by atoms with Gasteiger partial charge in [0.2, 0.25) is 0 Å². The topological polar surface area (TPSA) is 97.7 Å². The van der Waals surface area contributed by atoms with Crippen molar-refractivity contribution in [2.24, 2.45) is 5.92 Å². The van der Waals surface area contributed by atoms with E-state index in [-0.39, 0.29) is 23.8 Å². The van der Waals surface area contributed by atoms with Gasteiger partial charge in [0.1, 0.15) is 17.3 Å². The van der Waals surface area contributed by atoms with Crippen molar-refractivity contribution in [2.75, 3.05) is 12.4 Å². The highest BCUT2D eigenvalue weighted by Gasteiger charge is 2.58. The van der Waals surface area contributed by atoms with Crippen molar-refractivity contribution in [3.05, 3.63) is 33.9 Å². The molecule has 9 heteroatoms. The Hall–Kier alpha value is -1.71. The number of benzene rings is 1. The van der Waals surface area contributed by atoms with Crippen LogP contribution in [0.5, 0.6) is 0 Å². The van der Waals surface area contributed by atoms with Crippen LogP contribution in [-0.4, -0.2) is 48.2 Å². The number of carbonyl (C=O) groups excluding carboxylic acids is 1. The molecule has 2 aliphatic rings. The third-order valence-electron chi connectivity index (χ3n) is 6.68.